The highest BCUT2D eigenvalue weighted by molar-refractivity contribution is 5.76. The summed E-state index contributed by atoms with van der Waals surface area (Å²) in [6.07, 6.45) is -2.98. The summed E-state index contributed by atoms with van der Waals surface area (Å²) in [5.41, 5.74) is 6.02. The Kier molecular flexibility index (Phi) is 8.26. The minimum atomic E-state index is -1.52. The Bertz CT molecular complexity index is 566. The van der Waals surface area contributed by atoms with Crippen LogP contribution in [0, 0.1) is 5.92 Å². The highest BCUT2D eigenvalue weighted by Crippen LogP contribution is 2.18. The van der Waals surface area contributed by atoms with Gasteiger partial charge in [-0.1, -0.05) is 12.1 Å². The number of nitrogens with two attached hydrogens (primary N) is 1. The van der Waals surface area contributed by atoms with Gasteiger partial charge < -0.3 is 30.9 Å². The molecule has 0 saturated heterocycles. The summed E-state index contributed by atoms with van der Waals surface area (Å²) in [6, 6.07) is 4.98. The fourth-order valence-electron chi connectivity index (χ4n) is 2.08. The molecule has 8 nitrogen and oxygen atoms in total. The van der Waals surface area contributed by atoms with Crippen LogP contribution in [-0.4, -0.2) is 63.9 Å². The van der Waals surface area contributed by atoms with Crippen molar-refractivity contribution < 1.29 is 39.1 Å². The van der Waals surface area contributed by atoms with Crippen LogP contribution in [0.15, 0.2) is 24.3 Å². The number of alkyl halides is 1. The SMILES string of the molecule is N[C@@H](CC(Cc1ccc(OC[C@H](O)[C@@H](O)C[18F])cc1)C(=O)O)C(=O)O. The second-order valence-corrected chi connectivity index (χ2v) is 5.66. The van der Waals surface area contributed by atoms with Gasteiger partial charge in [0.2, 0.25) is 0 Å². The van der Waals surface area contributed by atoms with Crippen LogP contribution in [0.4, 0.5) is 4.39 Å². The molecule has 1 aromatic rings. The molecule has 140 valence electrons. The molecule has 25 heavy (non-hydrogen) atoms. The van der Waals surface area contributed by atoms with E-state index in [-0.39, 0.29) is 19.4 Å². The number of hydrogen-bond donors (Lipinski definition) is 5. The van der Waals surface area contributed by atoms with Gasteiger partial charge in [-0.25, -0.2) is 4.39 Å². The largest absolute Gasteiger partial charge is 0.491 e. The normalized spacial score (nSPS) is 15.8. The van der Waals surface area contributed by atoms with Crippen LogP contribution >= 0.6 is 0 Å². The van der Waals surface area contributed by atoms with Crippen LogP contribution in [0.3, 0.4) is 0 Å². The zero-order chi connectivity index (χ0) is 19.0. The number of carbonyl (C=O) groups is 2. The van der Waals surface area contributed by atoms with Crippen molar-refractivity contribution in [3.63, 3.8) is 0 Å². The molecule has 0 aromatic heterocycles. The topological polar surface area (TPSA) is 150 Å². The molecule has 6 N–H and O–H groups in total. The Morgan fingerprint density at radius 2 is 1.68 bits per heavy atom. The van der Waals surface area contributed by atoms with E-state index in [0.717, 1.165) is 0 Å². The average Bonchev–Trinajstić information content (AvgIpc) is 2.59. The van der Waals surface area contributed by atoms with E-state index in [1.807, 2.05) is 0 Å². The maximum atomic E-state index is 12.2. The predicted octanol–water partition coefficient (Wildman–Crippen LogP) is -0.198. The van der Waals surface area contributed by atoms with E-state index >= 15 is 0 Å². The first-order valence-electron chi connectivity index (χ1n) is 7.59. The Hall–Kier alpha value is -2.23. The lowest BCUT2D eigenvalue weighted by molar-refractivity contribution is -0.143. The summed E-state index contributed by atoms with van der Waals surface area (Å²) in [7, 11) is 0. The molecule has 1 unspecified atom stereocenters. The second-order valence-electron chi connectivity index (χ2n) is 5.66. The molecule has 0 radical (unpaired) electrons. The lowest BCUT2D eigenvalue weighted by Crippen LogP contribution is -2.35. The van der Waals surface area contributed by atoms with Gasteiger partial charge >= 0.3 is 11.9 Å². The van der Waals surface area contributed by atoms with Crippen molar-refractivity contribution in [3.8, 4) is 5.75 Å². The van der Waals surface area contributed by atoms with Gasteiger partial charge in [0, 0.05) is 0 Å². The molecule has 0 aliphatic carbocycles. The average molecular weight is 358 g/mol. The molecule has 0 fully saturated rings. The van der Waals surface area contributed by atoms with Crippen LogP contribution in [0.2, 0.25) is 0 Å². The zero-order valence-corrected chi connectivity index (χ0v) is 13.4. The van der Waals surface area contributed by atoms with E-state index in [0.29, 0.717) is 11.3 Å². The first-order chi connectivity index (χ1) is 11.7. The number of carboxylic acid groups (broad SMARTS) is 2. The molecule has 0 aliphatic rings. The molecular formula is C16H22FNO7. The van der Waals surface area contributed by atoms with Gasteiger partial charge in [0.25, 0.3) is 0 Å². The van der Waals surface area contributed by atoms with Crippen LogP contribution in [0.5, 0.6) is 5.75 Å². The maximum Gasteiger partial charge on any atom is 0.320 e. The highest BCUT2D eigenvalue weighted by atomic mass is 18.2. The Morgan fingerprint density at radius 3 is 2.16 bits per heavy atom. The molecule has 0 amide bonds. The number of benzene rings is 1. The number of aliphatic carboxylic acids is 2. The Morgan fingerprint density at radius 1 is 1.08 bits per heavy atom. The summed E-state index contributed by atoms with van der Waals surface area (Å²) < 4.78 is 17.4. The molecule has 0 heterocycles. The maximum absolute atomic E-state index is 12.2. The van der Waals surface area contributed by atoms with Crippen molar-refractivity contribution in [1.82, 2.24) is 0 Å². The zero-order valence-electron chi connectivity index (χ0n) is 13.4. The van der Waals surface area contributed by atoms with Crippen LogP contribution in [0.25, 0.3) is 0 Å². The first kappa shape index (κ1) is 20.8. The van der Waals surface area contributed by atoms with E-state index < -0.39 is 42.8 Å². The quantitative estimate of drug-likeness (QED) is 0.365. The summed E-state index contributed by atoms with van der Waals surface area (Å²) >= 11 is 0. The Labute approximate surface area is 143 Å². The van der Waals surface area contributed by atoms with Gasteiger partial charge in [-0.15, -0.1) is 0 Å². The fourth-order valence-corrected chi connectivity index (χ4v) is 2.08. The molecule has 9 heteroatoms. The summed E-state index contributed by atoms with van der Waals surface area (Å²) in [5.74, 6) is -2.99. The van der Waals surface area contributed by atoms with Crippen LogP contribution in [-0.2, 0) is 16.0 Å². The standard InChI is InChI=1S/C16H22FNO7/c17-7-13(19)14(20)8-25-11-3-1-9(2-4-11)5-10(15(21)22)6-12(18)16(23)24/h1-4,10,12-14,19-20H,5-8,18H2,(H,21,22)(H,23,24)/t10?,12-,13-,14-/m0/s1/i17-1. The summed E-state index contributed by atoms with van der Waals surface area (Å²) in [5, 5.41) is 36.5. The summed E-state index contributed by atoms with van der Waals surface area (Å²) in [6.45, 7) is -1.38. The summed E-state index contributed by atoms with van der Waals surface area (Å²) in [4.78, 5) is 22.0. The smallest absolute Gasteiger partial charge is 0.320 e. The fraction of sp³-hybridized carbons (Fsp3) is 0.500. The number of halogens is 1. The van der Waals surface area contributed by atoms with Gasteiger partial charge in [-0.05, 0) is 30.5 Å². The van der Waals surface area contributed by atoms with Crippen LogP contribution in [0.1, 0.15) is 12.0 Å². The minimum Gasteiger partial charge on any atom is -0.491 e. The third-order valence-corrected chi connectivity index (χ3v) is 3.63. The van der Waals surface area contributed by atoms with Crippen molar-refractivity contribution in [3.05, 3.63) is 29.8 Å². The number of aliphatic hydroxyl groups excluding tert-OH is 2. The Balaban J connectivity index is 2.62. The molecule has 0 spiro atoms. The van der Waals surface area contributed by atoms with E-state index in [4.69, 9.17) is 20.7 Å². The molecule has 0 saturated carbocycles. The van der Waals surface area contributed by atoms with Gasteiger partial charge in [0.15, 0.2) is 0 Å². The molecule has 1 aromatic carbocycles. The third-order valence-electron chi connectivity index (χ3n) is 3.63. The molecule has 0 aliphatic heterocycles. The van der Waals surface area contributed by atoms with E-state index in [2.05, 4.69) is 0 Å². The van der Waals surface area contributed by atoms with Gasteiger partial charge in [-0.2, -0.15) is 0 Å². The number of hydrogen-bond acceptors (Lipinski definition) is 6. The van der Waals surface area contributed by atoms with Gasteiger partial charge in [0.05, 0.1) is 5.92 Å². The minimum absolute atomic E-state index is 0.0970. The molecular weight excluding hydrogens is 336 g/mol. The van der Waals surface area contributed by atoms with Gasteiger partial charge in [0.1, 0.15) is 37.3 Å². The predicted molar refractivity (Wildman–Crippen MR) is 85.0 cm³/mol. The van der Waals surface area contributed by atoms with E-state index in [9.17, 15) is 24.2 Å². The first-order valence-corrected chi connectivity index (χ1v) is 7.59. The molecule has 0 bridgehead atoms. The molecule has 1 rings (SSSR count). The van der Waals surface area contributed by atoms with Crippen molar-refractivity contribution in [2.24, 2.45) is 11.7 Å². The second kappa shape index (κ2) is 9.92. The van der Waals surface area contributed by atoms with E-state index in [1.165, 1.54) is 12.1 Å². The number of aliphatic hydroxyl groups is 2. The van der Waals surface area contributed by atoms with Crippen molar-refractivity contribution in [1.29, 1.82) is 0 Å². The number of carboxylic acids is 2. The van der Waals surface area contributed by atoms with Crippen molar-refractivity contribution in [2.45, 2.75) is 31.1 Å². The third kappa shape index (κ3) is 7.04. The molecule has 4 atom stereocenters. The number of ether oxygens (including phenoxy) is 1. The van der Waals surface area contributed by atoms with E-state index in [1.54, 1.807) is 12.1 Å². The van der Waals surface area contributed by atoms with Crippen LogP contribution < -0.4 is 10.5 Å². The lowest BCUT2D eigenvalue weighted by Gasteiger charge is -2.17. The van der Waals surface area contributed by atoms with Crippen molar-refractivity contribution >= 4 is 11.9 Å². The van der Waals surface area contributed by atoms with Gasteiger partial charge in [-0.3, -0.25) is 9.59 Å². The number of rotatable bonds is 11. The highest BCUT2D eigenvalue weighted by Gasteiger charge is 2.24. The lowest BCUT2D eigenvalue weighted by atomic mass is 9.93. The monoisotopic (exact) mass is 358 g/mol. The van der Waals surface area contributed by atoms with Crippen molar-refractivity contribution in [2.75, 3.05) is 13.3 Å².